The second kappa shape index (κ2) is 12.0. The number of nitrogens with zero attached hydrogens (tertiary/aromatic N) is 3. The highest BCUT2D eigenvalue weighted by molar-refractivity contribution is 14.0. The van der Waals surface area contributed by atoms with Crippen LogP contribution in [0.15, 0.2) is 27.7 Å². The molecule has 2 N–H and O–H groups in total. The molecule has 1 saturated heterocycles. The standard InChI is InChI=1S/C22H33N5O3.HI/c1-6-23-22(24-9-7-21-15(2)26-30-16(21)3)25-17-8-10-27(14-17)18-11-19(28-4)13-20(12-18)29-5;/h11-13,17H,6-10,14H2,1-5H3,(H2,23,24,25);1H. The van der Waals surface area contributed by atoms with Crippen molar-refractivity contribution >= 4 is 35.6 Å². The van der Waals surface area contributed by atoms with Gasteiger partial charge in [0, 0.05) is 61.7 Å². The number of guanidine groups is 1. The van der Waals surface area contributed by atoms with Gasteiger partial charge in [-0.05, 0) is 33.6 Å². The number of nitrogens with one attached hydrogen (secondary N) is 2. The van der Waals surface area contributed by atoms with Gasteiger partial charge in [-0.2, -0.15) is 0 Å². The van der Waals surface area contributed by atoms with Crippen LogP contribution in [0.2, 0.25) is 0 Å². The summed E-state index contributed by atoms with van der Waals surface area (Å²) >= 11 is 0. The van der Waals surface area contributed by atoms with Crippen LogP contribution in [-0.4, -0.2) is 57.6 Å². The normalized spacial score (nSPS) is 16.1. The maximum Gasteiger partial charge on any atom is 0.191 e. The molecule has 1 aromatic heterocycles. The molecule has 1 fully saturated rings. The fourth-order valence-electron chi connectivity index (χ4n) is 3.74. The molecular weight excluding hydrogens is 509 g/mol. The van der Waals surface area contributed by atoms with Gasteiger partial charge in [0.25, 0.3) is 0 Å². The van der Waals surface area contributed by atoms with Gasteiger partial charge in [-0.3, -0.25) is 4.99 Å². The molecule has 0 radical (unpaired) electrons. The van der Waals surface area contributed by atoms with Gasteiger partial charge in [-0.15, -0.1) is 24.0 Å². The summed E-state index contributed by atoms with van der Waals surface area (Å²) in [5.74, 6) is 3.32. The lowest BCUT2D eigenvalue weighted by molar-refractivity contribution is 0.392. The minimum Gasteiger partial charge on any atom is -0.497 e. The molecule has 1 aliphatic heterocycles. The van der Waals surface area contributed by atoms with Crippen molar-refractivity contribution in [2.45, 2.75) is 39.7 Å². The first-order chi connectivity index (χ1) is 14.5. The Hall–Kier alpha value is -2.17. The van der Waals surface area contributed by atoms with Crippen LogP contribution in [0.3, 0.4) is 0 Å². The van der Waals surface area contributed by atoms with Gasteiger partial charge in [0.1, 0.15) is 17.3 Å². The molecule has 8 nitrogen and oxygen atoms in total. The Morgan fingerprint density at radius 1 is 1.23 bits per heavy atom. The monoisotopic (exact) mass is 543 g/mol. The number of anilines is 1. The first-order valence-corrected chi connectivity index (χ1v) is 10.5. The van der Waals surface area contributed by atoms with Crippen LogP contribution in [0.5, 0.6) is 11.5 Å². The van der Waals surface area contributed by atoms with E-state index >= 15 is 0 Å². The predicted molar refractivity (Wildman–Crippen MR) is 134 cm³/mol. The Bertz CT molecular complexity index is 829. The zero-order valence-electron chi connectivity index (χ0n) is 19.0. The lowest BCUT2D eigenvalue weighted by Gasteiger charge is -2.21. The van der Waals surface area contributed by atoms with E-state index in [0.717, 1.165) is 72.6 Å². The molecule has 0 amide bonds. The molecule has 1 aliphatic rings. The van der Waals surface area contributed by atoms with Gasteiger partial charge >= 0.3 is 0 Å². The summed E-state index contributed by atoms with van der Waals surface area (Å²) in [6, 6.07) is 6.31. The number of ether oxygens (including phenoxy) is 2. The minimum atomic E-state index is 0. The lowest BCUT2D eigenvalue weighted by atomic mass is 10.1. The van der Waals surface area contributed by atoms with Crippen molar-refractivity contribution in [3.63, 3.8) is 0 Å². The minimum absolute atomic E-state index is 0. The van der Waals surface area contributed by atoms with Crippen LogP contribution in [-0.2, 0) is 6.42 Å². The average Bonchev–Trinajstić information content (AvgIpc) is 3.35. The molecule has 3 rings (SSSR count). The van der Waals surface area contributed by atoms with Crippen molar-refractivity contribution in [1.82, 2.24) is 15.8 Å². The lowest BCUT2D eigenvalue weighted by Crippen LogP contribution is -2.44. The zero-order valence-corrected chi connectivity index (χ0v) is 21.4. The highest BCUT2D eigenvalue weighted by Gasteiger charge is 2.24. The molecule has 2 heterocycles. The van der Waals surface area contributed by atoms with Gasteiger partial charge in [0.15, 0.2) is 5.96 Å². The third-order valence-corrected chi connectivity index (χ3v) is 5.39. The number of benzene rings is 1. The van der Waals surface area contributed by atoms with Crippen LogP contribution >= 0.6 is 24.0 Å². The Kier molecular flexibility index (Phi) is 9.73. The van der Waals surface area contributed by atoms with Gasteiger partial charge in [0.2, 0.25) is 0 Å². The van der Waals surface area contributed by atoms with E-state index in [2.05, 4.69) is 27.6 Å². The van der Waals surface area contributed by atoms with E-state index < -0.39 is 0 Å². The maximum atomic E-state index is 5.41. The van der Waals surface area contributed by atoms with E-state index in [0.29, 0.717) is 12.6 Å². The summed E-state index contributed by atoms with van der Waals surface area (Å²) in [7, 11) is 3.35. The predicted octanol–water partition coefficient (Wildman–Crippen LogP) is 3.30. The van der Waals surface area contributed by atoms with Gasteiger partial charge in [0.05, 0.1) is 19.9 Å². The summed E-state index contributed by atoms with van der Waals surface area (Å²) in [6.07, 6.45) is 1.85. The van der Waals surface area contributed by atoms with Crippen LogP contribution in [0.4, 0.5) is 5.69 Å². The SMILES string of the molecule is CCNC(=NCCc1c(C)noc1C)NC1CCN(c2cc(OC)cc(OC)c2)C1.I. The Morgan fingerprint density at radius 2 is 1.94 bits per heavy atom. The van der Waals surface area contributed by atoms with E-state index in [1.807, 2.05) is 32.0 Å². The van der Waals surface area contributed by atoms with E-state index in [1.165, 1.54) is 0 Å². The van der Waals surface area contributed by atoms with Crippen molar-refractivity contribution < 1.29 is 14.0 Å². The quantitative estimate of drug-likeness (QED) is 0.300. The second-order valence-electron chi connectivity index (χ2n) is 7.46. The smallest absolute Gasteiger partial charge is 0.191 e. The number of aryl methyl sites for hydroxylation is 2. The number of halogens is 1. The largest absolute Gasteiger partial charge is 0.497 e. The van der Waals surface area contributed by atoms with E-state index in [4.69, 9.17) is 19.0 Å². The first kappa shape index (κ1) is 25.1. The van der Waals surface area contributed by atoms with Crippen molar-refractivity contribution in [1.29, 1.82) is 0 Å². The molecular formula is C22H34IN5O3. The van der Waals surface area contributed by atoms with Crippen LogP contribution < -0.4 is 25.0 Å². The first-order valence-electron chi connectivity index (χ1n) is 10.5. The van der Waals surface area contributed by atoms with Crippen molar-refractivity contribution in [3.05, 3.63) is 35.2 Å². The summed E-state index contributed by atoms with van der Waals surface area (Å²) in [5.41, 5.74) is 3.20. The van der Waals surface area contributed by atoms with Gasteiger partial charge in [-0.1, -0.05) is 5.16 Å². The maximum absolute atomic E-state index is 5.41. The molecule has 1 atom stereocenters. The molecule has 1 unspecified atom stereocenters. The number of aromatic nitrogens is 1. The molecule has 31 heavy (non-hydrogen) atoms. The van der Waals surface area contributed by atoms with Crippen LogP contribution in [0.25, 0.3) is 0 Å². The molecule has 0 saturated carbocycles. The van der Waals surface area contributed by atoms with Gasteiger partial charge in [-0.25, -0.2) is 0 Å². The number of rotatable bonds is 8. The highest BCUT2D eigenvalue weighted by atomic mass is 127. The van der Waals surface area contributed by atoms with E-state index in [-0.39, 0.29) is 24.0 Å². The third-order valence-electron chi connectivity index (χ3n) is 5.39. The number of methoxy groups -OCH3 is 2. The molecule has 1 aromatic carbocycles. The summed E-state index contributed by atoms with van der Waals surface area (Å²) < 4.78 is 16.1. The Balaban J connectivity index is 0.00000341. The molecule has 2 aromatic rings. The zero-order chi connectivity index (χ0) is 21.5. The fraction of sp³-hybridized carbons (Fsp3) is 0.545. The van der Waals surface area contributed by atoms with Crippen molar-refractivity contribution in [3.8, 4) is 11.5 Å². The van der Waals surface area contributed by atoms with Gasteiger partial charge < -0.3 is 29.5 Å². The fourth-order valence-corrected chi connectivity index (χ4v) is 3.74. The van der Waals surface area contributed by atoms with E-state index in [1.54, 1.807) is 14.2 Å². The Labute approximate surface area is 201 Å². The number of aliphatic imine (C=N–C) groups is 1. The number of hydrogen-bond acceptors (Lipinski definition) is 6. The Morgan fingerprint density at radius 3 is 2.52 bits per heavy atom. The molecule has 0 aliphatic carbocycles. The average molecular weight is 543 g/mol. The summed E-state index contributed by atoms with van der Waals surface area (Å²) in [6.45, 7) is 9.36. The highest BCUT2D eigenvalue weighted by Crippen LogP contribution is 2.30. The third kappa shape index (κ3) is 6.65. The van der Waals surface area contributed by atoms with Crippen molar-refractivity contribution in [2.75, 3.05) is 45.3 Å². The molecule has 0 spiro atoms. The molecule has 9 heteroatoms. The van der Waals surface area contributed by atoms with E-state index in [9.17, 15) is 0 Å². The summed E-state index contributed by atoms with van der Waals surface area (Å²) in [5, 5.41) is 10.9. The van der Waals surface area contributed by atoms with Crippen LogP contribution in [0.1, 0.15) is 30.4 Å². The molecule has 172 valence electrons. The second-order valence-corrected chi connectivity index (χ2v) is 7.46. The van der Waals surface area contributed by atoms with Crippen LogP contribution in [0, 0.1) is 13.8 Å². The molecule has 0 bridgehead atoms. The van der Waals surface area contributed by atoms with Crippen molar-refractivity contribution in [2.24, 2.45) is 4.99 Å². The topological polar surface area (TPSA) is 84.2 Å². The number of hydrogen-bond donors (Lipinski definition) is 2. The summed E-state index contributed by atoms with van der Waals surface area (Å²) in [4.78, 5) is 7.10.